The summed E-state index contributed by atoms with van der Waals surface area (Å²) in [6.45, 7) is 2.16. The van der Waals surface area contributed by atoms with Gasteiger partial charge in [0.05, 0.1) is 17.9 Å². The van der Waals surface area contributed by atoms with E-state index in [2.05, 4.69) is 38.0 Å². The number of hydrogen-bond donors (Lipinski definition) is 1. The Morgan fingerprint density at radius 1 is 1.38 bits per heavy atom. The first-order valence-corrected chi connectivity index (χ1v) is 5.09. The monoisotopic (exact) mass is 239 g/mol. The molecule has 0 unspecified atom stereocenters. The number of H-pyrrole nitrogens is 1. The number of aromatic nitrogens is 3. The van der Waals surface area contributed by atoms with Crippen LogP contribution in [0, 0.1) is 0 Å². The molecular weight excluding hydrogens is 230 g/mol. The van der Waals surface area contributed by atoms with Crippen molar-refractivity contribution in [1.82, 2.24) is 15.2 Å². The molecule has 4 heteroatoms. The van der Waals surface area contributed by atoms with Crippen LogP contribution in [0.3, 0.4) is 0 Å². The van der Waals surface area contributed by atoms with Gasteiger partial charge in [-0.25, -0.2) is 0 Å². The normalized spacial score (nSPS) is 10.9. The van der Waals surface area contributed by atoms with Gasteiger partial charge in [0.25, 0.3) is 0 Å². The Morgan fingerprint density at radius 2 is 2.15 bits per heavy atom. The molecule has 2 rings (SSSR count). The predicted octanol–water partition coefficient (Wildman–Crippen LogP) is 2.67. The van der Waals surface area contributed by atoms with Gasteiger partial charge in [0.1, 0.15) is 0 Å². The number of nitrogens with zero attached hydrogens (tertiary/aromatic N) is 2. The van der Waals surface area contributed by atoms with Crippen LogP contribution in [0.5, 0.6) is 0 Å². The summed E-state index contributed by atoms with van der Waals surface area (Å²) in [4.78, 5) is 3.32. The summed E-state index contributed by atoms with van der Waals surface area (Å²) >= 11 is 3.55. The van der Waals surface area contributed by atoms with Crippen molar-refractivity contribution in [2.24, 2.45) is 0 Å². The average molecular weight is 240 g/mol. The zero-order chi connectivity index (χ0) is 9.26. The number of nitrogens with one attached hydrogen (secondary N) is 1. The summed E-state index contributed by atoms with van der Waals surface area (Å²) in [6.07, 6.45) is 5.70. The van der Waals surface area contributed by atoms with Gasteiger partial charge < -0.3 is 4.98 Å². The average Bonchev–Trinajstić information content (AvgIpc) is 2.46. The first-order valence-electron chi connectivity index (χ1n) is 4.29. The van der Waals surface area contributed by atoms with E-state index in [1.54, 1.807) is 12.4 Å². The Kier molecular flexibility index (Phi) is 2.31. The second-order valence-corrected chi connectivity index (χ2v) is 3.78. The van der Waals surface area contributed by atoms with Crippen LogP contribution >= 0.6 is 15.9 Å². The smallest absolute Gasteiger partial charge is 0.0737 e. The lowest BCUT2D eigenvalue weighted by Gasteiger charge is -1.92. The van der Waals surface area contributed by atoms with E-state index in [4.69, 9.17) is 0 Å². The molecule has 68 valence electrons. The summed E-state index contributed by atoms with van der Waals surface area (Å²) in [5.74, 6) is 0. The van der Waals surface area contributed by atoms with Crippen molar-refractivity contribution in [3.63, 3.8) is 0 Å². The zero-order valence-electron chi connectivity index (χ0n) is 7.34. The lowest BCUT2D eigenvalue weighted by molar-refractivity contribution is 0.891. The fraction of sp³-hybridized carbons (Fsp3) is 0.333. The Morgan fingerprint density at radius 3 is 2.85 bits per heavy atom. The number of hydrogen-bond acceptors (Lipinski definition) is 2. The minimum absolute atomic E-state index is 1.05. The van der Waals surface area contributed by atoms with Gasteiger partial charge in [-0.15, -0.1) is 0 Å². The number of rotatable bonds is 2. The number of fused-ring (bicyclic) bond motifs is 1. The van der Waals surface area contributed by atoms with Crippen molar-refractivity contribution in [2.45, 2.75) is 19.8 Å². The van der Waals surface area contributed by atoms with Crippen molar-refractivity contribution in [3.8, 4) is 0 Å². The van der Waals surface area contributed by atoms with Gasteiger partial charge in [0.2, 0.25) is 0 Å². The molecule has 0 bridgehead atoms. The Hall–Kier alpha value is -0.900. The fourth-order valence-corrected chi connectivity index (χ4v) is 2.01. The standard InChI is InChI=1S/C9H10BrN3/c1-2-3-7-9(10)6-4-11-12-5-8(6)13-7/h4-5,13H,2-3H2,1H3. The largest absolute Gasteiger partial charge is 0.356 e. The molecule has 2 aromatic heterocycles. The second-order valence-electron chi connectivity index (χ2n) is 2.98. The van der Waals surface area contributed by atoms with Gasteiger partial charge in [0, 0.05) is 15.6 Å². The maximum atomic E-state index is 3.85. The van der Waals surface area contributed by atoms with E-state index >= 15 is 0 Å². The molecule has 0 atom stereocenters. The van der Waals surface area contributed by atoms with E-state index in [0.29, 0.717) is 0 Å². The summed E-state index contributed by atoms with van der Waals surface area (Å²) in [7, 11) is 0. The number of halogens is 1. The van der Waals surface area contributed by atoms with E-state index in [9.17, 15) is 0 Å². The lowest BCUT2D eigenvalue weighted by atomic mass is 10.2. The third-order valence-electron chi connectivity index (χ3n) is 2.02. The van der Waals surface area contributed by atoms with Gasteiger partial charge >= 0.3 is 0 Å². The lowest BCUT2D eigenvalue weighted by Crippen LogP contribution is -1.82. The molecule has 2 aromatic rings. The minimum Gasteiger partial charge on any atom is -0.356 e. The summed E-state index contributed by atoms with van der Waals surface area (Å²) < 4.78 is 1.12. The molecule has 2 heterocycles. The summed E-state index contributed by atoms with van der Waals surface area (Å²) in [5, 5.41) is 8.78. The second kappa shape index (κ2) is 3.46. The van der Waals surface area contributed by atoms with Crippen LogP contribution in [0.4, 0.5) is 0 Å². The molecule has 0 aromatic carbocycles. The Labute approximate surface area is 84.7 Å². The number of aromatic amines is 1. The van der Waals surface area contributed by atoms with Crippen LogP contribution in [-0.4, -0.2) is 15.2 Å². The fourth-order valence-electron chi connectivity index (χ4n) is 1.40. The Bertz CT molecular complexity index is 422. The van der Waals surface area contributed by atoms with Crippen LogP contribution in [0.2, 0.25) is 0 Å². The SMILES string of the molecule is CCCc1[nH]c2cnncc2c1Br. The molecule has 0 saturated heterocycles. The van der Waals surface area contributed by atoms with Crippen LogP contribution < -0.4 is 0 Å². The minimum atomic E-state index is 1.05. The third kappa shape index (κ3) is 1.46. The summed E-state index contributed by atoms with van der Waals surface area (Å²) in [6, 6.07) is 0. The molecule has 0 aliphatic heterocycles. The highest BCUT2D eigenvalue weighted by atomic mass is 79.9. The highest BCUT2D eigenvalue weighted by Gasteiger charge is 2.07. The van der Waals surface area contributed by atoms with Crippen molar-refractivity contribution in [1.29, 1.82) is 0 Å². The molecule has 0 aliphatic carbocycles. The first kappa shape index (κ1) is 8.69. The van der Waals surface area contributed by atoms with Crippen molar-refractivity contribution >= 4 is 26.8 Å². The van der Waals surface area contributed by atoms with Gasteiger partial charge in [-0.3, -0.25) is 0 Å². The Balaban J connectivity index is 2.60. The van der Waals surface area contributed by atoms with Gasteiger partial charge in [-0.2, -0.15) is 10.2 Å². The van der Waals surface area contributed by atoms with Crippen LogP contribution in [0.1, 0.15) is 19.0 Å². The third-order valence-corrected chi connectivity index (χ3v) is 2.92. The predicted molar refractivity (Wildman–Crippen MR) is 55.6 cm³/mol. The molecule has 0 fully saturated rings. The maximum Gasteiger partial charge on any atom is 0.0737 e. The van der Waals surface area contributed by atoms with E-state index in [0.717, 1.165) is 28.2 Å². The molecule has 13 heavy (non-hydrogen) atoms. The molecule has 3 nitrogen and oxygen atoms in total. The number of aryl methyl sites for hydroxylation is 1. The quantitative estimate of drug-likeness (QED) is 0.876. The van der Waals surface area contributed by atoms with Crippen molar-refractivity contribution in [2.75, 3.05) is 0 Å². The highest BCUT2D eigenvalue weighted by Crippen LogP contribution is 2.27. The van der Waals surface area contributed by atoms with Gasteiger partial charge in [-0.05, 0) is 22.4 Å². The molecular formula is C9H10BrN3. The van der Waals surface area contributed by atoms with Crippen LogP contribution in [0.25, 0.3) is 10.9 Å². The molecule has 0 saturated carbocycles. The molecule has 0 spiro atoms. The van der Waals surface area contributed by atoms with E-state index in [-0.39, 0.29) is 0 Å². The maximum absolute atomic E-state index is 3.85. The first-order chi connectivity index (χ1) is 6.33. The van der Waals surface area contributed by atoms with Crippen LogP contribution in [-0.2, 0) is 6.42 Å². The van der Waals surface area contributed by atoms with Gasteiger partial charge in [0.15, 0.2) is 0 Å². The van der Waals surface area contributed by atoms with Crippen molar-refractivity contribution in [3.05, 3.63) is 22.6 Å². The van der Waals surface area contributed by atoms with E-state index in [1.807, 2.05) is 0 Å². The van der Waals surface area contributed by atoms with E-state index < -0.39 is 0 Å². The topological polar surface area (TPSA) is 41.6 Å². The van der Waals surface area contributed by atoms with E-state index in [1.165, 1.54) is 5.69 Å². The summed E-state index contributed by atoms with van der Waals surface area (Å²) in [5.41, 5.74) is 2.28. The van der Waals surface area contributed by atoms with Crippen molar-refractivity contribution < 1.29 is 0 Å². The molecule has 0 amide bonds. The molecule has 0 aliphatic rings. The molecule has 0 radical (unpaired) electrons. The highest BCUT2D eigenvalue weighted by molar-refractivity contribution is 9.10. The zero-order valence-corrected chi connectivity index (χ0v) is 8.93. The van der Waals surface area contributed by atoms with Gasteiger partial charge in [-0.1, -0.05) is 13.3 Å². The van der Waals surface area contributed by atoms with Crippen LogP contribution in [0.15, 0.2) is 16.9 Å². The molecule has 1 N–H and O–H groups in total.